The summed E-state index contributed by atoms with van der Waals surface area (Å²) in [6.07, 6.45) is 0. The molecule has 1 unspecified atom stereocenters. The van der Waals surface area contributed by atoms with E-state index < -0.39 is 5.41 Å². The molecule has 0 saturated heterocycles. The second-order valence-electron chi connectivity index (χ2n) is 5.32. The molecule has 4 heteroatoms. The van der Waals surface area contributed by atoms with Crippen molar-refractivity contribution in [2.45, 2.75) is 45.7 Å². The Labute approximate surface area is 90.1 Å². The van der Waals surface area contributed by atoms with Crippen molar-refractivity contribution in [3.05, 3.63) is 0 Å². The van der Waals surface area contributed by atoms with Crippen molar-refractivity contribution in [2.24, 2.45) is 15.5 Å². The molecule has 4 nitrogen and oxygen atoms in total. The summed E-state index contributed by atoms with van der Waals surface area (Å²) in [6, 6.07) is 2.41. The zero-order valence-corrected chi connectivity index (χ0v) is 9.84. The standard InChI is InChI=1S/C11H16N4/c1-7-11(6-12)8(9(2,3)13-7)14-15-10(11,4)5/h15H,1-5H3. The fraction of sp³-hybridized carbons (Fsp3) is 0.727. The van der Waals surface area contributed by atoms with E-state index in [0.29, 0.717) is 0 Å². The minimum Gasteiger partial charge on any atom is -0.302 e. The number of hydrazone groups is 1. The first-order valence-electron chi connectivity index (χ1n) is 5.12. The molecule has 2 heterocycles. The maximum absolute atomic E-state index is 9.51. The molecule has 0 aromatic rings. The van der Waals surface area contributed by atoms with Crippen LogP contribution in [0.15, 0.2) is 10.1 Å². The van der Waals surface area contributed by atoms with Crippen LogP contribution in [0.5, 0.6) is 0 Å². The molecule has 1 atom stereocenters. The minimum absolute atomic E-state index is 0.361. The van der Waals surface area contributed by atoms with Crippen LogP contribution in [0.1, 0.15) is 34.6 Å². The number of nitrogens with zero attached hydrogens (tertiary/aromatic N) is 3. The minimum atomic E-state index is -0.670. The summed E-state index contributed by atoms with van der Waals surface area (Å²) in [5.74, 6) is 0. The fourth-order valence-electron chi connectivity index (χ4n) is 2.71. The van der Waals surface area contributed by atoms with E-state index in [0.717, 1.165) is 11.4 Å². The highest BCUT2D eigenvalue weighted by atomic mass is 15.4. The number of rotatable bonds is 0. The summed E-state index contributed by atoms with van der Waals surface area (Å²) in [7, 11) is 0. The van der Waals surface area contributed by atoms with Gasteiger partial charge in [-0.3, -0.25) is 4.99 Å². The van der Waals surface area contributed by atoms with Crippen LogP contribution in [0.3, 0.4) is 0 Å². The molecule has 0 aromatic heterocycles. The Morgan fingerprint density at radius 2 is 1.87 bits per heavy atom. The topological polar surface area (TPSA) is 60.5 Å². The maximum atomic E-state index is 9.51. The molecule has 0 spiro atoms. The van der Waals surface area contributed by atoms with Crippen LogP contribution in [-0.2, 0) is 0 Å². The van der Waals surface area contributed by atoms with Gasteiger partial charge < -0.3 is 5.43 Å². The Kier molecular flexibility index (Phi) is 1.63. The van der Waals surface area contributed by atoms with Crippen molar-refractivity contribution in [2.75, 3.05) is 0 Å². The van der Waals surface area contributed by atoms with Gasteiger partial charge in [-0.25, -0.2) is 0 Å². The summed E-state index contributed by atoms with van der Waals surface area (Å²) in [5, 5.41) is 13.8. The molecular weight excluding hydrogens is 188 g/mol. The van der Waals surface area contributed by atoms with Crippen LogP contribution in [-0.4, -0.2) is 22.5 Å². The molecular formula is C11H16N4. The fourth-order valence-corrected chi connectivity index (χ4v) is 2.71. The molecule has 0 bridgehead atoms. The van der Waals surface area contributed by atoms with E-state index in [9.17, 15) is 5.26 Å². The molecule has 80 valence electrons. The highest BCUT2D eigenvalue weighted by molar-refractivity contribution is 6.23. The van der Waals surface area contributed by atoms with Gasteiger partial charge >= 0.3 is 0 Å². The van der Waals surface area contributed by atoms with Crippen LogP contribution < -0.4 is 5.43 Å². The number of aliphatic imine (C=N–C) groups is 1. The van der Waals surface area contributed by atoms with E-state index in [4.69, 9.17) is 0 Å². The second-order valence-corrected chi connectivity index (χ2v) is 5.32. The zero-order valence-electron chi connectivity index (χ0n) is 9.84. The Morgan fingerprint density at radius 1 is 1.27 bits per heavy atom. The lowest BCUT2D eigenvalue weighted by molar-refractivity contribution is 0.353. The van der Waals surface area contributed by atoms with E-state index in [1.807, 2.05) is 34.6 Å². The number of hydrogen-bond acceptors (Lipinski definition) is 4. The quantitative estimate of drug-likeness (QED) is 0.649. The van der Waals surface area contributed by atoms with Crippen molar-refractivity contribution in [3.8, 4) is 6.07 Å². The normalized spacial score (nSPS) is 34.9. The van der Waals surface area contributed by atoms with Crippen LogP contribution in [0.2, 0.25) is 0 Å². The lowest BCUT2D eigenvalue weighted by Gasteiger charge is -2.33. The van der Waals surface area contributed by atoms with Crippen LogP contribution in [0.25, 0.3) is 0 Å². The van der Waals surface area contributed by atoms with Gasteiger partial charge in [0.2, 0.25) is 0 Å². The van der Waals surface area contributed by atoms with Gasteiger partial charge in [0.05, 0.1) is 22.9 Å². The van der Waals surface area contributed by atoms with Crippen LogP contribution >= 0.6 is 0 Å². The molecule has 0 radical (unpaired) electrons. The summed E-state index contributed by atoms with van der Waals surface area (Å²) in [6.45, 7) is 9.90. The monoisotopic (exact) mass is 204 g/mol. The van der Waals surface area contributed by atoms with E-state index in [-0.39, 0.29) is 11.1 Å². The van der Waals surface area contributed by atoms with Crippen LogP contribution in [0.4, 0.5) is 0 Å². The third kappa shape index (κ3) is 0.909. The predicted octanol–water partition coefficient (Wildman–Crippen LogP) is 1.49. The van der Waals surface area contributed by atoms with E-state index >= 15 is 0 Å². The van der Waals surface area contributed by atoms with Gasteiger partial charge in [0.15, 0.2) is 5.41 Å². The molecule has 0 saturated carbocycles. The summed E-state index contributed by atoms with van der Waals surface area (Å²) in [4.78, 5) is 4.57. The third-order valence-corrected chi connectivity index (χ3v) is 3.48. The number of fused-ring (bicyclic) bond motifs is 1. The van der Waals surface area contributed by atoms with Crippen molar-refractivity contribution in [1.82, 2.24) is 5.43 Å². The summed E-state index contributed by atoms with van der Waals surface area (Å²) < 4.78 is 0. The third-order valence-electron chi connectivity index (χ3n) is 3.48. The molecule has 0 fully saturated rings. The highest BCUT2D eigenvalue weighted by Crippen LogP contribution is 2.47. The summed E-state index contributed by atoms with van der Waals surface area (Å²) in [5.41, 5.74) is 3.36. The van der Waals surface area contributed by atoms with Crippen molar-refractivity contribution in [1.29, 1.82) is 5.26 Å². The largest absolute Gasteiger partial charge is 0.302 e. The Balaban J connectivity index is 2.69. The highest BCUT2D eigenvalue weighted by Gasteiger charge is 2.63. The van der Waals surface area contributed by atoms with Crippen molar-refractivity contribution >= 4 is 11.4 Å². The van der Waals surface area contributed by atoms with Gasteiger partial charge in [-0.1, -0.05) is 0 Å². The van der Waals surface area contributed by atoms with Gasteiger partial charge in [0, 0.05) is 5.71 Å². The summed E-state index contributed by atoms with van der Waals surface area (Å²) >= 11 is 0. The zero-order chi connectivity index (χ0) is 11.5. The number of nitriles is 1. The molecule has 1 N–H and O–H groups in total. The SMILES string of the molecule is CC1=NC(C)(C)C2=NNC(C)(C)C12C#N. The van der Waals surface area contributed by atoms with Gasteiger partial charge in [-0.05, 0) is 34.6 Å². The van der Waals surface area contributed by atoms with Crippen LogP contribution in [0, 0.1) is 16.7 Å². The second kappa shape index (κ2) is 2.41. The van der Waals surface area contributed by atoms with Crippen molar-refractivity contribution in [3.63, 3.8) is 0 Å². The van der Waals surface area contributed by atoms with Gasteiger partial charge in [0.25, 0.3) is 0 Å². The first-order chi connectivity index (χ1) is 6.78. The molecule has 0 amide bonds. The lowest BCUT2D eigenvalue weighted by atomic mass is 9.66. The predicted molar refractivity (Wildman–Crippen MR) is 59.9 cm³/mol. The Morgan fingerprint density at radius 3 is 2.33 bits per heavy atom. The molecule has 2 rings (SSSR count). The van der Waals surface area contributed by atoms with E-state index in [2.05, 4.69) is 21.6 Å². The molecule has 2 aliphatic rings. The molecule has 2 aliphatic heterocycles. The lowest BCUT2D eigenvalue weighted by Crippen LogP contribution is -2.53. The van der Waals surface area contributed by atoms with Gasteiger partial charge in [-0.15, -0.1) is 0 Å². The Hall–Kier alpha value is -1.37. The first kappa shape index (κ1) is 10.2. The Bertz CT molecular complexity index is 422. The molecule has 15 heavy (non-hydrogen) atoms. The number of hydrogen-bond donors (Lipinski definition) is 1. The maximum Gasteiger partial charge on any atom is 0.160 e. The van der Waals surface area contributed by atoms with Gasteiger partial charge in [-0.2, -0.15) is 10.4 Å². The van der Waals surface area contributed by atoms with Gasteiger partial charge in [0.1, 0.15) is 0 Å². The smallest absolute Gasteiger partial charge is 0.160 e. The van der Waals surface area contributed by atoms with E-state index in [1.54, 1.807) is 0 Å². The average molecular weight is 204 g/mol. The van der Waals surface area contributed by atoms with Crippen molar-refractivity contribution < 1.29 is 0 Å². The average Bonchev–Trinajstić information content (AvgIpc) is 2.46. The first-order valence-corrected chi connectivity index (χ1v) is 5.12. The molecule has 0 aromatic carbocycles. The number of nitrogens with one attached hydrogen (secondary N) is 1. The van der Waals surface area contributed by atoms with E-state index in [1.165, 1.54) is 0 Å². The molecule has 0 aliphatic carbocycles.